The Hall–Kier alpha value is -3.12. The number of para-hydroxylation sites is 2. The second-order valence-electron chi connectivity index (χ2n) is 6.05. The maximum absolute atomic E-state index is 13.1. The zero-order valence-corrected chi connectivity index (χ0v) is 16.3. The van der Waals surface area contributed by atoms with Crippen LogP contribution in [0.3, 0.4) is 0 Å². The van der Waals surface area contributed by atoms with Crippen molar-refractivity contribution in [3.63, 3.8) is 0 Å². The van der Waals surface area contributed by atoms with Gasteiger partial charge in [0.15, 0.2) is 5.16 Å². The fourth-order valence-electron chi connectivity index (χ4n) is 2.82. The molecule has 0 radical (unpaired) electrons. The van der Waals surface area contributed by atoms with Gasteiger partial charge in [-0.05, 0) is 24.3 Å². The Labute approximate surface area is 168 Å². The van der Waals surface area contributed by atoms with Crippen molar-refractivity contribution in [3.05, 3.63) is 90.3 Å². The van der Waals surface area contributed by atoms with E-state index in [2.05, 4.69) is 18.1 Å². The van der Waals surface area contributed by atoms with Crippen molar-refractivity contribution in [1.82, 2.24) is 14.5 Å². The lowest BCUT2D eigenvalue weighted by Crippen LogP contribution is -2.33. The molecule has 0 saturated heterocycles. The number of thioether (sulfide) groups is 1. The van der Waals surface area contributed by atoms with Crippen LogP contribution in [0.5, 0.6) is 0 Å². The molecule has 0 bridgehead atoms. The highest BCUT2D eigenvalue weighted by atomic mass is 32.2. The first-order valence-electron chi connectivity index (χ1n) is 8.85. The minimum absolute atomic E-state index is 0.0631. The average Bonchev–Trinajstić information content (AvgIpc) is 2.72. The molecule has 0 atom stereocenters. The van der Waals surface area contributed by atoms with Gasteiger partial charge in [0.25, 0.3) is 5.56 Å². The summed E-state index contributed by atoms with van der Waals surface area (Å²) in [5.74, 6) is 0.103. The van der Waals surface area contributed by atoms with Crippen molar-refractivity contribution in [2.24, 2.45) is 0 Å². The van der Waals surface area contributed by atoms with E-state index in [9.17, 15) is 9.59 Å². The fraction of sp³-hybridized carbons (Fsp3) is 0.136. The van der Waals surface area contributed by atoms with Crippen molar-refractivity contribution >= 4 is 28.6 Å². The van der Waals surface area contributed by atoms with Gasteiger partial charge in [-0.3, -0.25) is 14.2 Å². The highest BCUT2D eigenvalue weighted by Crippen LogP contribution is 2.21. The number of fused-ring (bicyclic) bond motifs is 1. The molecule has 1 heterocycles. The SMILES string of the molecule is C=CCN(CC=C)C(=O)CSc1nc2ccccc2c(=O)n1-c1ccccc1. The molecule has 1 amide bonds. The summed E-state index contributed by atoms with van der Waals surface area (Å²) < 4.78 is 1.56. The van der Waals surface area contributed by atoms with Gasteiger partial charge in [0, 0.05) is 13.1 Å². The third-order valence-electron chi connectivity index (χ3n) is 4.14. The molecular weight excluding hydrogens is 370 g/mol. The Morgan fingerprint density at radius 2 is 1.68 bits per heavy atom. The number of carbonyl (C=O) groups is 1. The smallest absolute Gasteiger partial charge is 0.266 e. The van der Waals surface area contributed by atoms with Gasteiger partial charge in [-0.15, -0.1) is 13.2 Å². The molecule has 28 heavy (non-hydrogen) atoms. The zero-order valence-electron chi connectivity index (χ0n) is 15.5. The van der Waals surface area contributed by atoms with Crippen molar-refractivity contribution in [2.75, 3.05) is 18.8 Å². The molecule has 0 unspecified atom stereocenters. The van der Waals surface area contributed by atoms with Crippen LogP contribution in [0.4, 0.5) is 0 Å². The lowest BCUT2D eigenvalue weighted by atomic mass is 10.2. The molecule has 0 spiro atoms. The molecule has 5 nitrogen and oxygen atoms in total. The molecule has 0 saturated carbocycles. The van der Waals surface area contributed by atoms with E-state index in [1.165, 1.54) is 11.8 Å². The van der Waals surface area contributed by atoms with Crippen LogP contribution in [0, 0.1) is 0 Å². The molecule has 0 N–H and O–H groups in total. The second kappa shape index (κ2) is 9.19. The third-order valence-corrected chi connectivity index (χ3v) is 5.06. The van der Waals surface area contributed by atoms with Gasteiger partial charge in [0.2, 0.25) is 5.91 Å². The molecule has 0 fully saturated rings. The highest BCUT2D eigenvalue weighted by Gasteiger charge is 2.16. The number of rotatable bonds is 8. The number of amides is 1. The van der Waals surface area contributed by atoms with Gasteiger partial charge in [0.05, 0.1) is 22.3 Å². The summed E-state index contributed by atoms with van der Waals surface area (Å²) in [6.45, 7) is 8.27. The Balaban J connectivity index is 2.00. The first-order valence-corrected chi connectivity index (χ1v) is 9.84. The first-order chi connectivity index (χ1) is 13.7. The van der Waals surface area contributed by atoms with Crippen LogP contribution in [0.1, 0.15) is 0 Å². The van der Waals surface area contributed by atoms with E-state index in [1.54, 1.807) is 33.8 Å². The Kier molecular flexibility index (Phi) is 6.45. The average molecular weight is 391 g/mol. The predicted molar refractivity (Wildman–Crippen MR) is 115 cm³/mol. The van der Waals surface area contributed by atoms with Crippen LogP contribution in [0.25, 0.3) is 16.6 Å². The molecule has 3 aromatic rings. The molecule has 142 valence electrons. The standard InChI is InChI=1S/C22H21N3O2S/c1-3-14-24(15-4-2)20(26)16-28-22-23-19-13-9-8-12-18(19)21(27)25(22)17-10-6-5-7-11-17/h3-13H,1-2,14-16H2. The van der Waals surface area contributed by atoms with Gasteiger partial charge in [-0.1, -0.05) is 54.2 Å². The molecular formula is C22H21N3O2S. The summed E-state index contributed by atoms with van der Waals surface area (Å²) >= 11 is 1.25. The number of hydrogen-bond acceptors (Lipinski definition) is 4. The monoisotopic (exact) mass is 391 g/mol. The van der Waals surface area contributed by atoms with Gasteiger partial charge in [-0.2, -0.15) is 0 Å². The molecule has 3 rings (SSSR count). The van der Waals surface area contributed by atoms with Crippen molar-refractivity contribution in [2.45, 2.75) is 5.16 Å². The van der Waals surface area contributed by atoms with E-state index in [-0.39, 0.29) is 17.2 Å². The molecule has 0 aliphatic carbocycles. The Bertz CT molecular complexity index is 1050. The summed E-state index contributed by atoms with van der Waals surface area (Å²) in [5.41, 5.74) is 1.18. The molecule has 1 aromatic heterocycles. The summed E-state index contributed by atoms with van der Waals surface area (Å²) in [6, 6.07) is 16.6. The summed E-state index contributed by atoms with van der Waals surface area (Å²) in [5, 5.41) is 1.03. The quantitative estimate of drug-likeness (QED) is 0.334. The minimum Gasteiger partial charge on any atom is -0.335 e. The van der Waals surface area contributed by atoms with Crippen LogP contribution in [-0.4, -0.2) is 39.2 Å². The number of nitrogens with zero attached hydrogens (tertiary/aromatic N) is 3. The summed E-state index contributed by atoms with van der Waals surface area (Å²) in [4.78, 5) is 32.0. The fourth-order valence-corrected chi connectivity index (χ4v) is 3.74. The van der Waals surface area contributed by atoms with Crippen LogP contribution in [0.15, 0.2) is 89.9 Å². The van der Waals surface area contributed by atoms with E-state index in [0.717, 1.165) is 5.69 Å². The van der Waals surface area contributed by atoms with Gasteiger partial charge in [0.1, 0.15) is 0 Å². The molecule has 0 aliphatic heterocycles. The van der Waals surface area contributed by atoms with Crippen molar-refractivity contribution in [1.29, 1.82) is 0 Å². The van der Waals surface area contributed by atoms with E-state index in [1.807, 2.05) is 42.5 Å². The Morgan fingerprint density at radius 1 is 1.04 bits per heavy atom. The normalized spacial score (nSPS) is 10.6. The van der Waals surface area contributed by atoms with Crippen LogP contribution >= 0.6 is 11.8 Å². The van der Waals surface area contributed by atoms with Crippen LogP contribution in [0.2, 0.25) is 0 Å². The highest BCUT2D eigenvalue weighted by molar-refractivity contribution is 7.99. The largest absolute Gasteiger partial charge is 0.335 e. The summed E-state index contributed by atoms with van der Waals surface area (Å²) in [6.07, 6.45) is 3.36. The number of aromatic nitrogens is 2. The number of benzene rings is 2. The van der Waals surface area contributed by atoms with Crippen LogP contribution in [-0.2, 0) is 4.79 Å². The summed E-state index contributed by atoms with van der Waals surface area (Å²) in [7, 11) is 0. The predicted octanol–water partition coefficient (Wildman–Crippen LogP) is 3.68. The zero-order chi connectivity index (χ0) is 19.9. The molecule has 0 aliphatic rings. The van der Waals surface area contributed by atoms with Gasteiger partial charge < -0.3 is 4.90 Å². The van der Waals surface area contributed by atoms with Crippen molar-refractivity contribution in [3.8, 4) is 5.69 Å². The van der Waals surface area contributed by atoms with E-state index in [0.29, 0.717) is 29.1 Å². The van der Waals surface area contributed by atoms with Gasteiger partial charge >= 0.3 is 0 Å². The Morgan fingerprint density at radius 3 is 2.36 bits per heavy atom. The van der Waals surface area contributed by atoms with E-state index < -0.39 is 0 Å². The maximum atomic E-state index is 13.1. The van der Waals surface area contributed by atoms with Gasteiger partial charge in [-0.25, -0.2) is 4.98 Å². The van der Waals surface area contributed by atoms with E-state index >= 15 is 0 Å². The lowest BCUT2D eigenvalue weighted by Gasteiger charge is -2.19. The third kappa shape index (κ3) is 4.23. The topological polar surface area (TPSA) is 55.2 Å². The van der Waals surface area contributed by atoms with Crippen molar-refractivity contribution < 1.29 is 4.79 Å². The number of hydrogen-bond donors (Lipinski definition) is 0. The first kappa shape index (κ1) is 19.6. The minimum atomic E-state index is -0.152. The number of carbonyl (C=O) groups excluding carboxylic acids is 1. The molecule has 2 aromatic carbocycles. The van der Waals surface area contributed by atoms with E-state index in [4.69, 9.17) is 0 Å². The van der Waals surface area contributed by atoms with Crippen LogP contribution < -0.4 is 5.56 Å². The second-order valence-corrected chi connectivity index (χ2v) is 6.99. The maximum Gasteiger partial charge on any atom is 0.266 e. The lowest BCUT2D eigenvalue weighted by molar-refractivity contribution is -0.127. The molecule has 6 heteroatoms.